The van der Waals surface area contributed by atoms with Crippen LogP contribution in [0.5, 0.6) is 23.0 Å². The Morgan fingerprint density at radius 3 is 2.36 bits per heavy atom. The minimum absolute atomic E-state index is 0.466. The van der Waals surface area contributed by atoms with Crippen molar-refractivity contribution in [3.8, 4) is 34.5 Å². The van der Waals surface area contributed by atoms with Crippen LogP contribution in [0.4, 0.5) is 0 Å². The maximum atomic E-state index is 6.00. The van der Waals surface area contributed by atoms with E-state index in [0.717, 1.165) is 21.7 Å². The van der Waals surface area contributed by atoms with Crippen molar-refractivity contribution in [3.63, 3.8) is 0 Å². The van der Waals surface area contributed by atoms with Crippen LogP contribution in [0.25, 0.3) is 33.1 Å². The van der Waals surface area contributed by atoms with Crippen molar-refractivity contribution in [2.45, 2.75) is 6.61 Å². The van der Waals surface area contributed by atoms with Crippen LogP contribution < -0.4 is 18.9 Å². The van der Waals surface area contributed by atoms with E-state index in [9.17, 15) is 0 Å². The highest BCUT2D eigenvalue weighted by Gasteiger charge is 2.22. The molecular formula is C26H22N2O5. The largest absolute Gasteiger partial charge is 0.493 e. The number of nitrogens with zero attached hydrogens (tertiary/aromatic N) is 2. The van der Waals surface area contributed by atoms with Crippen LogP contribution in [0, 0.1) is 0 Å². The summed E-state index contributed by atoms with van der Waals surface area (Å²) in [5.74, 6) is 2.87. The minimum Gasteiger partial charge on any atom is -0.493 e. The fourth-order valence-corrected chi connectivity index (χ4v) is 3.90. The van der Waals surface area contributed by atoms with Gasteiger partial charge in [-0.25, -0.2) is 0 Å². The second kappa shape index (κ2) is 8.70. The number of methoxy groups -OCH3 is 3. The quantitative estimate of drug-likeness (QED) is 0.322. The third kappa shape index (κ3) is 3.67. The molecule has 0 amide bonds. The number of hydrogen-bond acceptors (Lipinski definition) is 7. The van der Waals surface area contributed by atoms with Gasteiger partial charge in [-0.15, -0.1) is 0 Å². The fourth-order valence-electron chi connectivity index (χ4n) is 3.90. The van der Waals surface area contributed by atoms with Crippen molar-refractivity contribution in [1.29, 1.82) is 0 Å². The number of ether oxygens (including phenoxy) is 4. The summed E-state index contributed by atoms with van der Waals surface area (Å²) in [5, 5.41) is 6.64. The van der Waals surface area contributed by atoms with E-state index >= 15 is 0 Å². The van der Waals surface area contributed by atoms with Gasteiger partial charge >= 0.3 is 0 Å². The molecule has 7 nitrogen and oxygen atoms in total. The lowest BCUT2D eigenvalue weighted by atomic mass is 10.0. The Kier molecular flexibility index (Phi) is 5.44. The first-order valence-corrected chi connectivity index (χ1v) is 10.4. The normalized spacial score (nSPS) is 11.0. The summed E-state index contributed by atoms with van der Waals surface area (Å²) in [6.07, 6.45) is 1.70. The molecule has 3 aromatic carbocycles. The molecule has 0 saturated heterocycles. The van der Waals surface area contributed by atoms with E-state index in [4.69, 9.17) is 23.5 Å². The van der Waals surface area contributed by atoms with Gasteiger partial charge < -0.3 is 23.5 Å². The van der Waals surface area contributed by atoms with Gasteiger partial charge in [-0.2, -0.15) is 0 Å². The highest BCUT2D eigenvalue weighted by molar-refractivity contribution is 6.04. The molecule has 5 rings (SSSR count). The van der Waals surface area contributed by atoms with Gasteiger partial charge in [-0.3, -0.25) is 4.98 Å². The van der Waals surface area contributed by atoms with Crippen molar-refractivity contribution in [1.82, 2.24) is 10.1 Å². The standard InChI is InChI=1S/C26H22N2O5/c1-29-22-14-19-18(25(30-2)26(22)31-3)11-12-27-23(19)24-20-13-17(9-10-21(20)28-33-24)32-15-16-7-5-4-6-8-16/h4-14H,15H2,1-3H3. The van der Waals surface area contributed by atoms with E-state index in [1.807, 2.05) is 60.7 Å². The molecule has 0 fully saturated rings. The van der Waals surface area contributed by atoms with Crippen molar-refractivity contribution < 1.29 is 23.5 Å². The average Bonchev–Trinajstić information content (AvgIpc) is 3.29. The zero-order valence-corrected chi connectivity index (χ0v) is 18.5. The third-order valence-electron chi connectivity index (χ3n) is 5.48. The molecule has 0 N–H and O–H groups in total. The molecule has 33 heavy (non-hydrogen) atoms. The zero-order chi connectivity index (χ0) is 22.8. The summed E-state index contributed by atoms with van der Waals surface area (Å²) in [5.41, 5.74) is 2.42. The van der Waals surface area contributed by atoms with Crippen LogP contribution in [0.3, 0.4) is 0 Å². The number of pyridine rings is 1. The van der Waals surface area contributed by atoms with Gasteiger partial charge in [0.05, 0.1) is 26.7 Å². The molecule has 0 spiro atoms. The molecule has 2 aromatic heterocycles. The smallest absolute Gasteiger partial charge is 0.203 e. The van der Waals surface area contributed by atoms with Crippen LogP contribution in [0.1, 0.15) is 5.56 Å². The second-order valence-corrected chi connectivity index (χ2v) is 7.36. The Morgan fingerprint density at radius 2 is 1.61 bits per heavy atom. The van der Waals surface area contributed by atoms with E-state index in [-0.39, 0.29) is 0 Å². The molecule has 7 heteroatoms. The zero-order valence-electron chi connectivity index (χ0n) is 18.5. The number of hydrogen-bond donors (Lipinski definition) is 0. The lowest BCUT2D eigenvalue weighted by molar-refractivity contribution is 0.306. The third-order valence-corrected chi connectivity index (χ3v) is 5.48. The molecule has 166 valence electrons. The fraction of sp³-hybridized carbons (Fsp3) is 0.154. The van der Waals surface area contributed by atoms with Crippen LogP contribution in [-0.4, -0.2) is 31.5 Å². The molecule has 0 aliphatic carbocycles. The molecule has 0 unspecified atom stereocenters. The number of benzene rings is 3. The first-order chi connectivity index (χ1) is 16.2. The SMILES string of the molecule is COc1cc2c(-c3onc4ccc(OCc5ccccc5)cc34)nccc2c(OC)c1OC. The van der Waals surface area contributed by atoms with Crippen LogP contribution in [0.15, 0.2) is 71.4 Å². The summed E-state index contributed by atoms with van der Waals surface area (Å²) in [6.45, 7) is 0.466. The van der Waals surface area contributed by atoms with Gasteiger partial charge in [-0.1, -0.05) is 35.5 Å². The molecule has 5 aromatic rings. The van der Waals surface area contributed by atoms with Crippen LogP contribution in [0.2, 0.25) is 0 Å². The van der Waals surface area contributed by atoms with E-state index in [0.29, 0.717) is 46.6 Å². The molecule has 0 aliphatic heterocycles. The monoisotopic (exact) mass is 442 g/mol. The van der Waals surface area contributed by atoms with Gasteiger partial charge in [0.25, 0.3) is 0 Å². The first-order valence-electron chi connectivity index (χ1n) is 10.4. The Morgan fingerprint density at radius 1 is 0.788 bits per heavy atom. The maximum Gasteiger partial charge on any atom is 0.203 e. The van der Waals surface area contributed by atoms with Gasteiger partial charge in [0.15, 0.2) is 17.3 Å². The highest BCUT2D eigenvalue weighted by atomic mass is 16.5. The first kappa shape index (κ1) is 20.6. The number of aromatic nitrogens is 2. The topological polar surface area (TPSA) is 75.8 Å². The Labute approximate surface area is 190 Å². The second-order valence-electron chi connectivity index (χ2n) is 7.36. The lowest BCUT2D eigenvalue weighted by Gasteiger charge is -2.15. The molecule has 2 heterocycles. The molecule has 0 atom stereocenters. The van der Waals surface area contributed by atoms with Gasteiger partial charge in [-0.05, 0) is 35.9 Å². The van der Waals surface area contributed by atoms with Crippen molar-refractivity contribution in [3.05, 3.63) is 72.4 Å². The number of rotatable bonds is 7. The lowest BCUT2D eigenvalue weighted by Crippen LogP contribution is -1.97. The van der Waals surface area contributed by atoms with Gasteiger partial charge in [0, 0.05) is 17.0 Å². The number of fused-ring (bicyclic) bond motifs is 2. The Balaban J connectivity index is 1.62. The summed E-state index contributed by atoms with van der Waals surface area (Å²) in [4.78, 5) is 4.60. The van der Waals surface area contributed by atoms with Crippen molar-refractivity contribution in [2.24, 2.45) is 0 Å². The molecular weight excluding hydrogens is 420 g/mol. The van der Waals surface area contributed by atoms with Gasteiger partial charge in [0.1, 0.15) is 23.6 Å². The van der Waals surface area contributed by atoms with E-state index in [2.05, 4.69) is 10.1 Å². The predicted molar refractivity (Wildman–Crippen MR) is 125 cm³/mol. The van der Waals surface area contributed by atoms with Crippen molar-refractivity contribution in [2.75, 3.05) is 21.3 Å². The summed E-state index contributed by atoms with van der Waals surface area (Å²) in [7, 11) is 4.76. The Bertz CT molecular complexity index is 1430. The summed E-state index contributed by atoms with van der Waals surface area (Å²) < 4.78 is 28.5. The van der Waals surface area contributed by atoms with Crippen LogP contribution in [-0.2, 0) is 6.61 Å². The molecule has 0 saturated carbocycles. The van der Waals surface area contributed by atoms with Crippen molar-refractivity contribution >= 4 is 21.7 Å². The van der Waals surface area contributed by atoms with Gasteiger partial charge in [0.2, 0.25) is 5.75 Å². The molecule has 0 bridgehead atoms. The average molecular weight is 442 g/mol. The molecule has 0 radical (unpaired) electrons. The summed E-state index contributed by atoms with van der Waals surface area (Å²) >= 11 is 0. The summed E-state index contributed by atoms with van der Waals surface area (Å²) in [6, 6.07) is 19.4. The van der Waals surface area contributed by atoms with E-state index in [1.54, 1.807) is 27.5 Å². The Hall–Kier alpha value is -4.26. The minimum atomic E-state index is 0.466. The maximum absolute atomic E-state index is 6.00. The molecule has 0 aliphatic rings. The predicted octanol–water partition coefficient (Wildman–Crippen LogP) is 5.65. The van der Waals surface area contributed by atoms with E-state index < -0.39 is 0 Å². The van der Waals surface area contributed by atoms with E-state index in [1.165, 1.54) is 0 Å². The highest BCUT2D eigenvalue weighted by Crippen LogP contribution is 2.46. The van der Waals surface area contributed by atoms with Crippen LogP contribution >= 0.6 is 0 Å².